The predicted octanol–water partition coefficient (Wildman–Crippen LogP) is 3.72. The van der Waals surface area contributed by atoms with Gasteiger partial charge in [0, 0.05) is 24.3 Å². The van der Waals surface area contributed by atoms with Gasteiger partial charge in [-0.2, -0.15) is 0 Å². The molecule has 2 aromatic heterocycles. The molecule has 0 aliphatic rings. The van der Waals surface area contributed by atoms with Crippen LogP contribution in [-0.4, -0.2) is 38.7 Å². The monoisotopic (exact) mass is 417 g/mol. The van der Waals surface area contributed by atoms with Crippen molar-refractivity contribution in [1.29, 1.82) is 0 Å². The average Bonchev–Trinajstić information content (AvgIpc) is 3.47. The van der Waals surface area contributed by atoms with E-state index in [4.69, 9.17) is 9.47 Å². The van der Waals surface area contributed by atoms with Crippen LogP contribution in [0.2, 0.25) is 0 Å². The maximum Gasteiger partial charge on any atom is 0.275 e. The second-order valence-corrected chi connectivity index (χ2v) is 6.97. The Morgan fingerprint density at radius 3 is 2.71 bits per heavy atom. The molecular weight excluding hydrogens is 394 g/mol. The number of amides is 1. The number of hydrogen-bond acceptors (Lipinski definition) is 5. The molecule has 0 aliphatic heterocycles. The summed E-state index contributed by atoms with van der Waals surface area (Å²) in [5, 5.41) is 2.85. The number of ether oxygens (including phenoxy) is 2. The number of aryl methyl sites for hydroxylation is 1. The molecule has 2 heterocycles. The van der Waals surface area contributed by atoms with E-state index in [1.165, 1.54) is 0 Å². The van der Waals surface area contributed by atoms with E-state index in [2.05, 4.69) is 15.3 Å². The third kappa shape index (κ3) is 4.92. The normalized spacial score (nSPS) is 10.6. The first-order valence-electron chi connectivity index (χ1n) is 9.81. The minimum absolute atomic E-state index is 0.292. The fourth-order valence-electron chi connectivity index (χ4n) is 3.09. The van der Waals surface area contributed by atoms with Crippen LogP contribution < -0.4 is 14.8 Å². The number of benzene rings is 2. The molecule has 31 heavy (non-hydrogen) atoms. The molecule has 1 amide bonds. The van der Waals surface area contributed by atoms with Gasteiger partial charge in [-0.3, -0.25) is 4.79 Å². The lowest BCUT2D eigenvalue weighted by Gasteiger charge is -2.09. The van der Waals surface area contributed by atoms with E-state index in [0.29, 0.717) is 30.3 Å². The van der Waals surface area contributed by atoms with Crippen molar-refractivity contribution < 1.29 is 14.3 Å². The fraction of sp³-hybridized carbons (Fsp3) is 0.174. The van der Waals surface area contributed by atoms with Crippen molar-refractivity contribution in [3.63, 3.8) is 0 Å². The van der Waals surface area contributed by atoms with Gasteiger partial charge < -0.3 is 23.9 Å². The van der Waals surface area contributed by atoms with Crippen LogP contribution in [0.4, 0.5) is 5.69 Å². The number of nitrogens with zero attached hydrogens (tertiary/aromatic N) is 4. The first kappa shape index (κ1) is 20.2. The van der Waals surface area contributed by atoms with Crippen LogP contribution in [0.1, 0.15) is 16.1 Å². The Morgan fingerprint density at radius 1 is 1.13 bits per heavy atom. The molecule has 0 saturated heterocycles. The zero-order chi connectivity index (χ0) is 21.6. The third-order valence-corrected chi connectivity index (χ3v) is 4.72. The highest BCUT2D eigenvalue weighted by Gasteiger charge is 2.13. The van der Waals surface area contributed by atoms with Crippen LogP contribution >= 0.6 is 0 Å². The van der Waals surface area contributed by atoms with Crippen molar-refractivity contribution in [2.45, 2.75) is 13.5 Å². The molecule has 8 heteroatoms. The van der Waals surface area contributed by atoms with E-state index >= 15 is 0 Å². The Labute approximate surface area is 180 Å². The summed E-state index contributed by atoms with van der Waals surface area (Å²) in [5.74, 6) is 1.15. The number of aromatic nitrogens is 4. The summed E-state index contributed by atoms with van der Waals surface area (Å²) >= 11 is 0. The van der Waals surface area contributed by atoms with Crippen molar-refractivity contribution in [2.75, 3.05) is 19.0 Å². The Bertz CT molecular complexity index is 1150. The number of imidazole rings is 2. The number of carbonyl (C=O) groups excluding carboxylic acids is 1. The largest absolute Gasteiger partial charge is 0.495 e. The van der Waals surface area contributed by atoms with Crippen molar-refractivity contribution in [1.82, 2.24) is 19.1 Å². The smallest absolute Gasteiger partial charge is 0.275 e. The fourth-order valence-corrected chi connectivity index (χ4v) is 3.09. The minimum Gasteiger partial charge on any atom is -0.495 e. The van der Waals surface area contributed by atoms with E-state index in [1.54, 1.807) is 48.9 Å². The maximum absolute atomic E-state index is 12.6. The Balaban J connectivity index is 1.37. The first-order valence-corrected chi connectivity index (χ1v) is 9.81. The predicted molar refractivity (Wildman–Crippen MR) is 117 cm³/mol. The second kappa shape index (κ2) is 9.17. The molecule has 0 radical (unpaired) electrons. The number of rotatable bonds is 8. The highest BCUT2D eigenvalue weighted by atomic mass is 16.5. The van der Waals surface area contributed by atoms with Crippen LogP contribution in [0.15, 0.2) is 73.7 Å². The zero-order valence-electron chi connectivity index (χ0n) is 17.4. The van der Waals surface area contributed by atoms with Crippen molar-refractivity contribution in [2.24, 2.45) is 0 Å². The van der Waals surface area contributed by atoms with Crippen molar-refractivity contribution in [3.05, 3.63) is 85.0 Å². The lowest BCUT2D eigenvalue weighted by molar-refractivity contribution is 0.102. The first-order chi connectivity index (χ1) is 15.1. The summed E-state index contributed by atoms with van der Waals surface area (Å²) in [5.41, 5.74) is 2.88. The summed E-state index contributed by atoms with van der Waals surface area (Å²) in [6, 6.07) is 13.1. The molecule has 0 unspecified atom stereocenters. The summed E-state index contributed by atoms with van der Waals surface area (Å²) in [6.07, 6.45) is 8.65. The minimum atomic E-state index is -0.292. The second-order valence-electron chi connectivity index (χ2n) is 6.97. The van der Waals surface area contributed by atoms with E-state index in [9.17, 15) is 4.79 Å². The quantitative estimate of drug-likeness (QED) is 0.472. The summed E-state index contributed by atoms with van der Waals surface area (Å²) in [4.78, 5) is 20.8. The van der Waals surface area contributed by atoms with Gasteiger partial charge in [0.1, 0.15) is 30.1 Å². The SMILES string of the molecule is COc1ccc(C)cc1-n1cnc(C(=O)Nc2ccc(OCCn3ccnc3)cc2)c1. The van der Waals surface area contributed by atoms with Crippen molar-refractivity contribution in [3.8, 4) is 17.2 Å². The van der Waals surface area contributed by atoms with Crippen LogP contribution in [0.5, 0.6) is 11.5 Å². The molecule has 4 aromatic rings. The number of carbonyl (C=O) groups is 1. The van der Waals surface area contributed by atoms with Gasteiger partial charge in [-0.25, -0.2) is 9.97 Å². The average molecular weight is 417 g/mol. The Morgan fingerprint density at radius 2 is 1.97 bits per heavy atom. The molecule has 2 aromatic carbocycles. The molecule has 0 bridgehead atoms. The van der Waals surface area contributed by atoms with Crippen LogP contribution in [0.25, 0.3) is 5.69 Å². The van der Waals surface area contributed by atoms with E-state index < -0.39 is 0 Å². The number of methoxy groups -OCH3 is 1. The molecule has 1 N–H and O–H groups in total. The molecular formula is C23H23N5O3. The third-order valence-electron chi connectivity index (χ3n) is 4.72. The molecule has 4 rings (SSSR count). The van der Waals surface area contributed by atoms with Gasteiger partial charge in [-0.1, -0.05) is 6.07 Å². The van der Waals surface area contributed by atoms with Crippen LogP contribution in [0.3, 0.4) is 0 Å². The highest BCUT2D eigenvalue weighted by Crippen LogP contribution is 2.24. The van der Waals surface area contributed by atoms with Gasteiger partial charge in [0.25, 0.3) is 5.91 Å². The molecule has 0 spiro atoms. The Hall–Kier alpha value is -4.07. The number of nitrogens with one attached hydrogen (secondary N) is 1. The van der Waals surface area contributed by atoms with E-state index in [-0.39, 0.29) is 5.91 Å². The van der Waals surface area contributed by atoms with Gasteiger partial charge in [0.2, 0.25) is 0 Å². The van der Waals surface area contributed by atoms with Crippen LogP contribution in [0, 0.1) is 6.92 Å². The van der Waals surface area contributed by atoms with Gasteiger partial charge in [0.15, 0.2) is 0 Å². The standard InChI is InChI=1S/C23H23N5O3/c1-17-3-8-22(30-2)21(13-17)28-14-20(25-16-28)23(29)26-18-4-6-19(7-5-18)31-12-11-27-10-9-24-15-27/h3-10,13-16H,11-12H2,1-2H3,(H,26,29). The zero-order valence-corrected chi connectivity index (χ0v) is 17.4. The van der Waals surface area contributed by atoms with Gasteiger partial charge in [-0.05, 0) is 48.9 Å². The molecule has 0 aliphatic carbocycles. The molecule has 0 saturated carbocycles. The van der Waals surface area contributed by atoms with Crippen LogP contribution in [-0.2, 0) is 6.54 Å². The number of hydrogen-bond donors (Lipinski definition) is 1. The van der Waals surface area contributed by atoms with Crippen molar-refractivity contribution >= 4 is 11.6 Å². The highest BCUT2D eigenvalue weighted by molar-refractivity contribution is 6.02. The summed E-state index contributed by atoms with van der Waals surface area (Å²) in [6.45, 7) is 3.24. The summed E-state index contributed by atoms with van der Waals surface area (Å²) in [7, 11) is 1.61. The van der Waals surface area contributed by atoms with Gasteiger partial charge in [-0.15, -0.1) is 0 Å². The van der Waals surface area contributed by atoms with E-state index in [1.807, 2.05) is 48.0 Å². The molecule has 8 nitrogen and oxygen atoms in total. The molecule has 158 valence electrons. The summed E-state index contributed by atoms with van der Waals surface area (Å²) < 4.78 is 14.9. The number of anilines is 1. The van der Waals surface area contributed by atoms with Gasteiger partial charge >= 0.3 is 0 Å². The lowest BCUT2D eigenvalue weighted by atomic mass is 10.2. The topological polar surface area (TPSA) is 83.2 Å². The maximum atomic E-state index is 12.6. The van der Waals surface area contributed by atoms with Gasteiger partial charge in [0.05, 0.1) is 25.7 Å². The van der Waals surface area contributed by atoms with E-state index in [0.717, 1.165) is 17.0 Å². The Kier molecular flexibility index (Phi) is 5.98. The molecule has 0 atom stereocenters. The molecule has 0 fully saturated rings. The lowest BCUT2D eigenvalue weighted by Crippen LogP contribution is -2.12.